The Kier molecular flexibility index (Phi) is 4.44. The molecular formula is C15H21N3O. The van der Waals surface area contributed by atoms with E-state index >= 15 is 0 Å². The molecule has 1 heterocycles. The topological polar surface area (TPSA) is 44.4 Å². The van der Waals surface area contributed by atoms with Gasteiger partial charge in [0.05, 0.1) is 0 Å². The van der Waals surface area contributed by atoms with Gasteiger partial charge in [-0.05, 0) is 38.0 Å². The first-order chi connectivity index (χ1) is 9.15. The van der Waals surface area contributed by atoms with Gasteiger partial charge in [0, 0.05) is 31.0 Å². The molecule has 0 radical (unpaired) electrons. The molecule has 2 N–H and O–H groups in total. The third-order valence-corrected chi connectivity index (χ3v) is 3.13. The Morgan fingerprint density at radius 1 is 1.37 bits per heavy atom. The fraction of sp³-hybridized carbons (Fsp3) is 0.400. The average molecular weight is 259 g/mol. The van der Waals surface area contributed by atoms with Crippen LogP contribution in [0.25, 0.3) is 0 Å². The van der Waals surface area contributed by atoms with Crippen LogP contribution in [0.5, 0.6) is 0 Å². The third-order valence-electron chi connectivity index (χ3n) is 3.13. The van der Waals surface area contributed by atoms with Crippen LogP contribution < -0.4 is 15.5 Å². The lowest BCUT2D eigenvalue weighted by Gasteiger charge is -2.18. The van der Waals surface area contributed by atoms with Crippen LogP contribution in [0.3, 0.4) is 0 Å². The van der Waals surface area contributed by atoms with Crippen molar-refractivity contribution in [1.82, 2.24) is 5.32 Å². The van der Waals surface area contributed by atoms with Crippen LogP contribution in [-0.4, -0.2) is 25.7 Å². The zero-order valence-electron chi connectivity index (χ0n) is 11.4. The summed E-state index contributed by atoms with van der Waals surface area (Å²) >= 11 is 0. The number of hydrogen-bond acceptors (Lipinski definition) is 2. The van der Waals surface area contributed by atoms with Crippen LogP contribution in [0.1, 0.15) is 19.8 Å². The number of amides is 2. The first kappa shape index (κ1) is 13.5. The fourth-order valence-corrected chi connectivity index (χ4v) is 2.16. The van der Waals surface area contributed by atoms with Crippen molar-refractivity contribution < 1.29 is 4.79 Å². The van der Waals surface area contributed by atoms with Gasteiger partial charge in [-0.1, -0.05) is 18.2 Å². The summed E-state index contributed by atoms with van der Waals surface area (Å²) < 4.78 is 0. The molecule has 1 aromatic carbocycles. The van der Waals surface area contributed by atoms with E-state index in [0.29, 0.717) is 6.54 Å². The smallest absolute Gasteiger partial charge is 0.319 e. The highest BCUT2D eigenvalue weighted by atomic mass is 16.2. The van der Waals surface area contributed by atoms with Crippen LogP contribution in [0.2, 0.25) is 0 Å². The maximum absolute atomic E-state index is 11.7. The van der Waals surface area contributed by atoms with Crippen molar-refractivity contribution in [2.24, 2.45) is 0 Å². The highest BCUT2D eigenvalue weighted by Gasteiger charge is 2.12. The van der Waals surface area contributed by atoms with Crippen LogP contribution in [0, 0.1) is 0 Å². The first-order valence-electron chi connectivity index (χ1n) is 6.69. The van der Waals surface area contributed by atoms with E-state index in [0.717, 1.165) is 24.4 Å². The van der Waals surface area contributed by atoms with Gasteiger partial charge in [0.1, 0.15) is 0 Å². The summed E-state index contributed by atoms with van der Waals surface area (Å²) in [5.41, 5.74) is 2.93. The minimum atomic E-state index is -0.193. The SMILES string of the molecule is C=C(C)CNC(=O)Nc1cccc(N2CCCC2)c1. The number of nitrogens with one attached hydrogen (secondary N) is 2. The lowest BCUT2D eigenvalue weighted by atomic mass is 10.2. The second-order valence-electron chi connectivity index (χ2n) is 5.01. The van der Waals surface area contributed by atoms with Crippen molar-refractivity contribution in [3.05, 3.63) is 36.4 Å². The summed E-state index contributed by atoms with van der Waals surface area (Å²) in [4.78, 5) is 14.0. The Labute approximate surface area is 114 Å². The average Bonchev–Trinajstić information content (AvgIpc) is 2.90. The molecule has 0 unspecified atom stereocenters. The Morgan fingerprint density at radius 2 is 2.11 bits per heavy atom. The molecule has 0 spiro atoms. The van der Waals surface area contributed by atoms with Crippen molar-refractivity contribution in [3.63, 3.8) is 0 Å². The van der Waals surface area contributed by atoms with Crippen LogP contribution in [0.4, 0.5) is 16.2 Å². The fourth-order valence-electron chi connectivity index (χ4n) is 2.16. The van der Waals surface area contributed by atoms with Crippen molar-refractivity contribution in [1.29, 1.82) is 0 Å². The van der Waals surface area contributed by atoms with E-state index in [1.54, 1.807) is 0 Å². The van der Waals surface area contributed by atoms with E-state index in [1.165, 1.54) is 18.5 Å². The molecule has 4 heteroatoms. The number of anilines is 2. The normalized spacial score (nSPS) is 14.3. The quantitative estimate of drug-likeness (QED) is 0.816. The summed E-state index contributed by atoms with van der Waals surface area (Å²) in [6.07, 6.45) is 2.49. The van der Waals surface area contributed by atoms with Crippen LogP contribution in [-0.2, 0) is 0 Å². The van der Waals surface area contributed by atoms with Gasteiger partial charge in [0.25, 0.3) is 0 Å². The molecule has 0 bridgehead atoms. The maximum atomic E-state index is 11.7. The Morgan fingerprint density at radius 3 is 2.79 bits per heavy atom. The number of carbonyl (C=O) groups is 1. The molecule has 1 aliphatic rings. The minimum absolute atomic E-state index is 0.193. The summed E-state index contributed by atoms with van der Waals surface area (Å²) in [5, 5.41) is 5.60. The Balaban J connectivity index is 1.94. The van der Waals surface area contributed by atoms with Gasteiger partial charge in [-0.3, -0.25) is 0 Å². The molecular weight excluding hydrogens is 238 g/mol. The van der Waals surface area contributed by atoms with Gasteiger partial charge in [-0.25, -0.2) is 4.79 Å². The second-order valence-corrected chi connectivity index (χ2v) is 5.01. The lowest BCUT2D eigenvalue weighted by molar-refractivity contribution is 0.253. The summed E-state index contributed by atoms with van der Waals surface area (Å²) in [6.45, 7) is 8.34. The molecule has 1 fully saturated rings. The number of hydrogen-bond donors (Lipinski definition) is 2. The minimum Gasteiger partial charge on any atom is -0.371 e. The van der Waals surface area contributed by atoms with Crippen molar-refractivity contribution in [2.45, 2.75) is 19.8 Å². The van der Waals surface area contributed by atoms with E-state index in [4.69, 9.17) is 0 Å². The van der Waals surface area contributed by atoms with Crippen molar-refractivity contribution in [2.75, 3.05) is 29.9 Å². The second kappa shape index (κ2) is 6.27. The largest absolute Gasteiger partial charge is 0.371 e. The highest BCUT2D eigenvalue weighted by Crippen LogP contribution is 2.23. The van der Waals surface area contributed by atoms with Gasteiger partial charge >= 0.3 is 6.03 Å². The molecule has 2 rings (SSSR count). The van der Waals surface area contributed by atoms with E-state index in [1.807, 2.05) is 25.1 Å². The Bertz CT molecular complexity index is 464. The van der Waals surface area contributed by atoms with Crippen molar-refractivity contribution >= 4 is 17.4 Å². The standard InChI is InChI=1S/C15H21N3O/c1-12(2)11-16-15(19)17-13-6-5-7-14(10-13)18-8-3-4-9-18/h5-7,10H,1,3-4,8-9,11H2,2H3,(H2,16,17,19). The molecule has 1 aliphatic heterocycles. The molecule has 0 atom stereocenters. The molecule has 1 saturated heterocycles. The molecule has 4 nitrogen and oxygen atoms in total. The zero-order chi connectivity index (χ0) is 13.7. The number of urea groups is 1. The number of benzene rings is 1. The molecule has 0 aromatic heterocycles. The number of rotatable bonds is 4. The lowest BCUT2D eigenvalue weighted by Crippen LogP contribution is -2.29. The van der Waals surface area contributed by atoms with E-state index in [2.05, 4.69) is 28.2 Å². The monoisotopic (exact) mass is 259 g/mol. The third kappa shape index (κ3) is 4.02. The molecule has 2 amide bonds. The van der Waals surface area contributed by atoms with E-state index in [9.17, 15) is 4.79 Å². The van der Waals surface area contributed by atoms with Crippen LogP contribution in [0.15, 0.2) is 36.4 Å². The van der Waals surface area contributed by atoms with E-state index in [-0.39, 0.29) is 6.03 Å². The van der Waals surface area contributed by atoms with Gasteiger partial charge < -0.3 is 15.5 Å². The highest BCUT2D eigenvalue weighted by molar-refractivity contribution is 5.89. The molecule has 19 heavy (non-hydrogen) atoms. The molecule has 102 valence electrons. The van der Waals surface area contributed by atoms with E-state index < -0.39 is 0 Å². The summed E-state index contributed by atoms with van der Waals surface area (Å²) in [7, 11) is 0. The summed E-state index contributed by atoms with van der Waals surface area (Å²) in [5.74, 6) is 0. The number of carbonyl (C=O) groups excluding carboxylic acids is 1. The molecule has 0 saturated carbocycles. The van der Waals surface area contributed by atoms with Crippen LogP contribution >= 0.6 is 0 Å². The Hall–Kier alpha value is -1.97. The van der Waals surface area contributed by atoms with Gasteiger partial charge in [-0.2, -0.15) is 0 Å². The predicted octanol–water partition coefficient (Wildman–Crippen LogP) is 2.98. The van der Waals surface area contributed by atoms with Gasteiger partial charge in [-0.15, -0.1) is 0 Å². The van der Waals surface area contributed by atoms with Gasteiger partial charge in [0.2, 0.25) is 0 Å². The predicted molar refractivity (Wildman–Crippen MR) is 79.7 cm³/mol. The number of nitrogens with zero attached hydrogens (tertiary/aromatic N) is 1. The molecule has 0 aliphatic carbocycles. The van der Waals surface area contributed by atoms with Crippen molar-refractivity contribution in [3.8, 4) is 0 Å². The molecule has 1 aromatic rings. The maximum Gasteiger partial charge on any atom is 0.319 e. The summed E-state index contributed by atoms with van der Waals surface area (Å²) in [6, 6.07) is 7.79. The zero-order valence-corrected chi connectivity index (χ0v) is 11.4. The van der Waals surface area contributed by atoms with Gasteiger partial charge in [0.15, 0.2) is 0 Å². The first-order valence-corrected chi connectivity index (χ1v) is 6.69.